The lowest BCUT2D eigenvalue weighted by Gasteiger charge is -2.31. The zero-order chi connectivity index (χ0) is 24.8. The number of benzene rings is 1. The second kappa shape index (κ2) is 8.83. The zero-order valence-corrected chi connectivity index (χ0v) is 18.1. The van der Waals surface area contributed by atoms with Gasteiger partial charge in [0.2, 0.25) is 5.43 Å². The molecule has 2 atom stereocenters. The molecule has 7 N–H and O–H groups in total. The molecule has 2 saturated heterocycles. The van der Waals surface area contributed by atoms with Crippen LogP contribution >= 0.6 is 0 Å². The summed E-state index contributed by atoms with van der Waals surface area (Å²) in [6.45, 7) is 2.89. The summed E-state index contributed by atoms with van der Waals surface area (Å²) < 4.78 is 68.7. The number of hydrogen-bond acceptors (Lipinski definition) is 8. The molecule has 4 rings (SSSR count). The standard InChI is InChI=1S/C18H20F2N4O4.H2O4S/c1-7-2-23(4-10(7)21)16-12(19)14(22)11-15(13(16)20)24(8-5-28-6-8)3-9(17(11)25)18(26)27;1-5(2,3)4/h3,7-8,10H,2,4-6,21-22H2,1H3,(H,26,27);(H2,1,2,3,4)/t7-,10-;/m1./s1. The number of carbonyl (C=O) groups is 1. The number of aromatic carboxylic acids is 1. The molecule has 12 nitrogen and oxygen atoms in total. The van der Waals surface area contributed by atoms with Crippen LogP contribution in [0.15, 0.2) is 11.0 Å². The summed E-state index contributed by atoms with van der Waals surface area (Å²) in [6.07, 6.45) is 1.07. The lowest BCUT2D eigenvalue weighted by atomic mass is 10.0. The minimum Gasteiger partial charge on any atom is -0.477 e. The molecule has 0 radical (unpaired) electrons. The molecule has 0 saturated carbocycles. The van der Waals surface area contributed by atoms with Crippen molar-refractivity contribution in [2.24, 2.45) is 11.7 Å². The van der Waals surface area contributed by atoms with E-state index in [9.17, 15) is 14.7 Å². The monoisotopic (exact) mass is 492 g/mol. The number of aromatic nitrogens is 1. The largest absolute Gasteiger partial charge is 0.477 e. The molecule has 2 fully saturated rings. The van der Waals surface area contributed by atoms with Gasteiger partial charge in [0.15, 0.2) is 11.6 Å². The number of anilines is 2. The zero-order valence-electron chi connectivity index (χ0n) is 17.2. The SMILES string of the molecule is C[C@@H]1CN(c2c(F)c(N)c3c(=O)c(C(=O)O)cn(C4COC4)c3c2F)C[C@H]1N.O=S(=O)(O)O. The first-order valence-electron chi connectivity index (χ1n) is 9.59. The minimum atomic E-state index is -4.67. The van der Waals surface area contributed by atoms with Crippen LogP contribution in [0.25, 0.3) is 10.9 Å². The van der Waals surface area contributed by atoms with Crippen molar-refractivity contribution in [2.45, 2.75) is 19.0 Å². The molecule has 15 heteroatoms. The van der Waals surface area contributed by atoms with Gasteiger partial charge in [-0.15, -0.1) is 0 Å². The quantitative estimate of drug-likeness (QED) is 0.291. The highest BCUT2D eigenvalue weighted by molar-refractivity contribution is 7.79. The third-order valence-electron chi connectivity index (χ3n) is 5.60. The predicted octanol–water partition coefficient (Wildman–Crippen LogP) is 0.262. The highest BCUT2D eigenvalue weighted by atomic mass is 32.3. The molecule has 0 aliphatic carbocycles. The Labute approximate surface area is 185 Å². The van der Waals surface area contributed by atoms with Crippen LogP contribution in [-0.2, 0) is 15.1 Å². The third kappa shape index (κ3) is 4.77. The van der Waals surface area contributed by atoms with E-state index in [0.717, 1.165) is 6.20 Å². The first-order chi connectivity index (χ1) is 15.2. The summed E-state index contributed by atoms with van der Waals surface area (Å²) >= 11 is 0. The topological polar surface area (TPSA) is 198 Å². The van der Waals surface area contributed by atoms with Crippen molar-refractivity contribution < 1.29 is 40.9 Å². The molecule has 0 spiro atoms. The molecule has 2 aliphatic rings. The van der Waals surface area contributed by atoms with Crippen LogP contribution in [0.5, 0.6) is 0 Å². The average molecular weight is 492 g/mol. The molecular weight excluding hydrogens is 470 g/mol. The molecule has 2 aliphatic heterocycles. The minimum absolute atomic E-state index is 0.0207. The maximum Gasteiger partial charge on any atom is 0.394 e. The van der Waals surface area contributed by atoms with Crippen LogP contribution in [0.3, 0.4) is 0 Å². The molecule has 0 unspecified atom stereocenters. The highest BCUT2D eigenvalue weighted by Gasteiger charge is 2.35. The summed E-state index contributed by atoms with van der Waals surface area (Å²) in [7, 11) is -4.67. The number of pyridine rings is 1. The van der Waals surface area contributed by atoms with E-state index in [4.69, 9.17) is 33.7 Å². The molecule has 182 valence electrons. The molecule has 33 heavy (non-hydrogen) atoms. The second-order valence-corrected chi connectivity index (χ2v) is 8.78. The summed E-state index contributed by atoms with van der Waals surface area (Å²) in [5.74, 6) is -3.51. The van der Waals surface area contributed by atoms with Crippen molar-refractivity contribution in [3.8, 4) is 0 Å². The van der Waals surface area contributed by atoms with Crippen molar-refractivity contribution >= 4 is 38.6 Å². The van der Waals surface area contributed by atoms with E-state index in [1.165, 1.54) is 9.47 Å². The number of nitrogens with zero attached hydrogens (tertiary/aromatic N) is 2. The fourth-order valence-electron chi connectivity index (χ4n) is 3.83. The second-order valence-electron chi connectivity index (χ2n) is 7.88. The number of carboxylic acid groups (broad SMARTS) is 1. The number of hydrogen-bond donors (Lipinski definition) is 5. The Morgan fingerprint density at radius 2 is 1.79 bits per heavy atom. The van der Waals surface area contributed by atoms with Gasteiger partial charge in [-0.3, -0.25) is 13.9 Å². The Bertz CT molecular complexity index is 1260. The Hall–Kier alpha value is -2.85. The normalized spacial score (nSPS) is 21.0. The predicted molar refractivity (Wildman–Crippen MR) is 113 cm³/mol. The van der Waals surface area contributed by atoms with Gasteiger partial charge < -0.3 is 30.8 Å². The molecule has 1 aromatic heterocycles. The van der Waals surface area contributed by atoms with E-state index in [1.54, 1.807) is 0 Å². The van der Waals surface area contributed by atoms with Crippen LogP contribution in [0, 0.1) is 17.6 Å². The summed E-state index contributed by atoms with van der Waals surface area (Å²) in [4.78, 5) is 25.6. The van der Waals surface area contributed by atoms with Crippen molar-refractivity contribution in [2.75, 3.05) is 36.9 Å². The number of carboxylic acids is 1. The maximum atomic E-state index is 15.6. The number of rotatable bonds is 3. The van der Waals surface area contributed by atoms with E-state index < -0.39 is 50.1 Å². The number of nitrogen functional groups attached to an aromatic ring is 1. The van der Waals surface area contributed by atoms with Crippen LogP contribution in [-0.4, -0.2) is 65.5 Å². The fraction of sp³-hybridized carbons (Fsp3) is 0.444. The summed E-state index contributed by atoms with van der Waals surface area (Å²) in [5.41, 5.74) is 9.12. The number of ether oxygens (including phenoxy) is 1. The fourth-order valence-corrected chi connectivity index (χ4v) is 3.83. The van der Waals surface area contributed by atoms with Gasteiger partial charge in [-0.1, -0.05) is 6.92 Å². The van der Waals surface area contributed by atoms with Crippen LogP contribution in [0.4, 0.5) is 20.2 Å². The van der Waals surface area contributed by atoms with Crippen LogP contribution in [0.2, 0.25) is 0 Å². The molecule has 2 aromatic rings. The van der Waals surface area contributed by atoms with Gasteiger partial charge in [0.1, 0.15) is 11.3 Å². The summed E-state index contributed by atoms with van der Waals surface area (Å²) in [5, 5.41) is 8.87. The van der Waals surface area contributed by atoms with E-state index in [1.807, 2.05) is 6.92 Å². The lowest BCUT2D eigenvalue weighted by Crippen LogP contribution is -2.34. The van der Waals surface area contributed by atoms with Gasteiger partial charge in [0.25, 0.3) is 0 Å². The van der Waals surface area contributed by atoms with Gasteiger partial charge in [-0.05, 0) is 5.92 Å². The van der Waals surface area contributed by atoms with E-state index in [2.05, 4.69) is 0 Å². The van der Waals surface area contributed by atoms with Crippen molar-refractivity contribution in [3.63, 3.8) is 0 Å². The first kappa shape index (κ1) is 24.8. The van der Waals surface area contributed by atoms with Crippen LogP contribution in [0.1, 0.15) is 23.3 Å². The Morgan fingerprint density at radius 1 is 1.21 bits per heavy atom. The van der Waals surface area contributed by atoms with Gasteiger partial charge in [0, 0.05) is 25.3 Å². The van der Waals surface area contributed by atoms with Crippen molar-refractivity contribution in [1.29, 1.82) is 0 Å². The van der Waals surface area contributed by atoms with Gasteiger partial charge in [0.05, 0.1) is 35.8 Å². The van der Waals surface area contributed by atoms with Gasteiger partial charge in [-0.2, -0.15) is 8.42 Å². The average Bonchev–Trinajstić information content (AvgIpc) is 2.96. The maximum absolute atomic E-state index is 15.6. The van der Waals surface area contributed by atoms with Crippen molar-refractivity contribution in [1.82, 2.24) is 4.57 Å². The van der Waals surface area contributed by atoms with E-state index >= 15 is 8.78 Å². The van der Waals surface area contributed by atoms with E-state index in [-0.39, 0.29) is 49.0 Å². The van der Waals surface area contributed by atoms with Crippen molar-refractivity contribution in [3.05, 3.63) is 33.6 Å². The highest BCUT2D eigenvalue weighted by Crippen LogP contribution is 2.38. The van der Waals surface area contributed by atoms with Crippen LogP contribution < -0.4 is 21.8 Å². The third-order valence-corrected chi connectivity index (χ3v) is 5.60. The molecule has 1 aromatic carbocycles. The Morgan fingerprint density at radius 3 is 2.21 bits per heavy atom. The smallest absolute Gasteiger partial charge is 0.394 e. The Kier molecular flexibility index (Phi) is 6.63. The number of nitrogens with two attached hydrogens (primary N) is 2. The Balaban J connectivity index is 0.000000555. The first-order valence-corrected chi connectivity index (χ1v) is 11.0. The molecular formula is C18H22F2N4O8S. The van der Waals surface area contributed by atoms with Gasteiger partial charge >= 0.3 is 16.4 Å². The molecule has 3 heterocycles. The van der Waals surface area contributed by atoms with E-state index in [0.29, 0.717) is 6.54 Å². The number of fused-ring (bicyclic) bond motifs is 1. The number of halogens is 2. The molecule has 0 bridgehead atoms. The van der Waals surface area contributed by atoms with Gasteiger partial charge in [-0.25, -0.2) is 13.6 Å². The lowest BCUT2D eigenvalue weighted by molar-refractivity contribution is -0.0219. The summed E-state index contributed by atoms with van der Waals surface area (Å²) in [6, 6.07) is -0.638. The molecule has 0 amide bonds.